The Balaban J connectivity index is 2.23. The molecule has 0 aromatic rings. The lowest BCUT2D eigenvalue weighted by molar-refractivity contribution is -0.135. The number of amides is 2. The molecule has 0 unspecified atom stereocenters. The summed E-state index contributed by atoms with van der Waals surface area (Å²) in [7, 11) is 0. The number of carbonyl (C=O) groups is 2. The monoisotopic (exact) mass is 309 g/mol. The third-order valence-electron chi connectivity index (χ3n) is 3.29. The fourth-order valence-corrected chi connectivity index (χ4v) is 2.22. The van der Waals surface area contributed by atoms with Crippen molar-refractivity contribution in [2.45, 2.75) is 44.8 Å². The zero-order valence-electron chi connectivity index (χ0n) is 12.1. The average Bonchev–Trinajstić information content (AvgIpc) is 2.38. The van der Waals surface area contributed by atoms with Crippen LogP contribution in [0.15, 0.2) is 0 Å². The van der Waals surface area contributed by atoms with Gasteiger partial charge in [0.1, 0.15) is 0 Å². The predicted octanol–water partition coefficient (Wildman–Crippen LogP) is 1.05. The van der Waals surface area contributed by atoms with Crippen molar-refractivity contribution in [3.05, 3.63) is 0 Å². The highest BCUT2D eigenvalue weighted by Gasteiger charge is 2.28. The number of carbonyl (C=O) groups excluding carboxylic acids is 2. The van der Waals surface area contributed by atoms with E-state index >= 15 is 0 Å². The minimum absolute atomic E-state index is 0.00844. The first-order chi connectivity index (χ1) is 9.81. The average molecular weight is 309 g/mol. The van der Waals surface area contributed by atoms with E-state index in [9.17, 15) is 22.8 Å². The van der Waals surface area contributed by atoms with Crippen LogP contribution in [-0.4, -0.2) is 55.1 Å². The van der Waals surface area contributed by atoms with Gasteiger partial charge in [-0.1, -0.05) is 6.92 Å². The summed E-state index contributed by atoms with van der Waals surface area (Å²) in [6.07, 6.45) is -1.76. The van der Waals surface area contributed by atoms with Crippen LogP contribution in [0.1, 0.15) is 32.6 Å². The Hall–Kier alpha value is -1.31. The molecule has 21 heavy (non-hydrogen) atoms. The number of hydrogen-bond acceptors (Lipinski definition) is 3. The topological polar surface area (TPSA) is 61.4 Å². The Labute approximate surface area is 122 Å². The van der Waals surface area contributed by atoms with E-state index in [1.54, 1.807) is 0 Å². The lowest BCUT2D eigenvalue weighted by atomic mass is 10.0. The molecule has 0 radical (unpaired) electrons. The highest BCUT2D eigenvalue weighted by Crippen LogP contribution is 2.13. The van der Waals surface area contributed by atoms with Gasteiger partial charge in [-0.05, 0) is 19.3 Å². The van der Waals surface area contributed by atoms with Crippen LogP contribution in [0.3, 0.4) is 0 Å². The van der Waals surface area contributed by atoms with Crippen LogP contribution in [0.2, 0.25) is 0 Å². The summed E-state index contributed by atoms with van der Waals surface area (Å²) in [5.74, 6) is -0.327. The van der Waals surface area contributed by atoms with Gasteiger partial charge in [-0.15, -0.1) is 0 Å². The number of likely N-dealkylation sites (tertiary alicyclic amines) is 1. The quantitative estimate of drug-likeness (QED) is 0.771. The molecule has 1 rings (SSSR count). The fourth-order valence-electron chi connectivity index (χ4n) is 2.22. The van der Waals surface area contributed by atoms with Gasteiger partial charge in [-0.25, -0.2) is 0 Å². The van der Waals surface area contributed by atoms with Crippen LogP contribution in [0.4, 0.5) is 13.2 Å². The third kappa shape index (κ3) is 7.31. The van der Waals surface area contributed by atoms with Gasteiger partial charge in [-0.3, -0.25) is 9.59 Å². The third-order valence-corrected chi connectivity index (χ3v) is 3.29. The molecule has 8 heteroatoms. The number of piperidine rings is 1. The normalized spacial score (nSPS) is 16.9. The van der Waals surface area contributed by atoms with E-state index in [-0.39, 0.29) is 24.4 Å². The van der Waals surface area contributed by atoms with Crippen molar-refractivity contribution >= 4 is 11.8 Å². The van der Waals surface area contributed by atoms with E-state index in [0.29, 0.717) is 32.4 Å². The molecule has 1 fully saturated rings. The molecule has 0 aliphatic carbocycles. The van der Waals surface area contributed by atoms with E-state index in [0.717, 1.165) is 6.42 Å². The molecule has 0 saturated carbocycles. The lowest BCUT2D eigenvalue weighted by Crippen LogP contribution is -2.49. The van der Waals surface area contributed by atoms with Gasteiger partial charge in [0.15, 0.2) is 0 Å². The maximum Gasteiger partial charge on any atom is 0.401 e. The van der Waals surface area contributed by atoms with Crippen LogP contribution >= 0.6 is 0 Å². The van der Waals surface area contributed by atoms with Gasteiger partial charge in [-0.2, -0.15) is 13.2 Å². The SMILES string of the molecule is CCCC(=O)NC1CCN(C(=O)CNCC(F)(F)F)CC1. The first-order valence-electron chi connectivity index (χ1n) is 7.16. The minimum Gasteiger partial charge on any atom is -0.353 e. The molecule has 0 atom stereocenters. The molecule has 0 aromatic heterocycles. The smallest absolute Gasteiger partial charge is 0.353 e. The van der Waals surface area contributed by atoms with Crippen LogP contribution < -0.4 is 10.6 Å². The molecule has 1 saturated heterocycles. The molecule has 122 valence electrons. The van der Waals surface area contributed by atoms with Crippen molar-refractivity contribution in [2.24, 2.45) is 0 Å². The molecule has 1 heterocycles. The molecule has 0 aromatic carbocycles. The highest BCUT2D eigenvalue weighted by atomic mass is 19.4. The molecule has 2 N–H and O–H groups in total. The van der Waals surface area contributed by atoms with Gasteiger partial charge in [0, 0.05) is 25.6 Å². The number of rotatable bonds is 6. The highest BCUT2D eigenvalue weighted by molar-refractivity contribution is 5.78. The Morgan fingerprint density at radius 3 is 2.38 bits per heavy atom. The minimum atomic E-state index is -4.31. The van der Waals surface area contributed by atoms with E-state index < -0.39 is 12.7 Å². The number of hydrogen-bond donors (Lipinski definition) is 2. The number of alkyl halides is 3. The van der Waals surface area contributed by atoms with E-state index in [2.05, 4.69) is 10.6 Å². The van der Waals surface area contributed by atoms with Gasteiger partial charge in [0.25, 0.3) is 0 Å². The van der Waals surface area contributed by atoms with Crippen molar-refractivity contribution < 1.29 is 22.8 Å². The molecule has 2 amide bonds. The Morgan fingerprint density at radius 1 is 1.24 bits per heavy atom. The van der Waals surface area contributed by atoms with Crippen molar-refractivity contribution in [3.63, 3.8) is 0 Å². The summed E-state index contributed by atoms with van der Waals surface area (Å²) in [5, 5.41) is 5.00. The summed E-state index contributed by atoms with van der Waals surface area (Å²) in [6.45, 7) is 1.37. The first-order valence-corrected chi connectivity index (χ1v) is 7.16. The summed E-state index contributed by atoms with van der Waals surface area (Å²) < 4.78 is 35.9. The van der Waals surface area contributed by atoms with Gasteiger partial charge in [0.2, 0.25) is 11.8 Å². The molecule has 1 aliphatic heterocycles. The molecule has 0 spiro atoms. The van der Waals surface area contributed by atoms with Crippen LogP contribution in [0, 0.1) is 0 Å². The largest absolute Gasteiger partial charge is 0.401 e. The Morgan fingerprint density at radius 2 is 1.86 bits per heavy atom. The number of halogens is 3. The molecule has 0 bridgehead atoms. The second kappa shape index (κ2) is 8.21. The lowest BCUT2D eigenvalue weighted by Gasteiger charge is -2.32. The van der Waals surface area contributed by atoms with Crippen molar-refractivity contribution in [1.29, 1.82) is 0 Å². The molecule has 5 nitrogen and oxygen atoms in total. The van der Waals surface area contributed by atoms with Crippen LogP contribution in [-0.2, 0) is 9.59 Å². The second-order valence-electron chi connectivity index (χ2n) is 5.19. The predicted molar refractivity (Wildman–Crippen MR) is 71.6 cm³/mol. The summed E-state index contributed by atoms with van der Waals surface area (Å²) in [5.41, 5.74) is 0. The number of nitrogens with one attached hydrogen (secondary N) is 2. The van der Waals surface area contributed by atoms with Gasteiger partial charge in [0.05, 0.1) is 13.1 Å². The van der Waals surface area contributed by atoms with E-state index in [1.807, 2.05) is 6.92 Å². The summed E-state index contributed by atoms with van der Waals surface area (Å²) >= 11 is 0. The van der Waals surface area contributed by atoms with Crippen molar-refractivity contribution in [3.8, 4) is 0 Å². The number of nitrogens with zero attached hydrogens (tertiary/aromatic N) is 1. The molecular formula is C13H22F3N3O2. The first kappa shape index (κ1) is 17.7. The maximum absolute atomic E-state index is 12.0. The zero-order valence-corrected chi connectivity index (χ0v) is 12.1. The second-order valence-corrected chi connectivity index (χ2v) is 5.19. The van der Waals surface area contributed by atoms with Gasteiger partial charge < -0.3 is 15.5 Å². The molecule has 1 aliphatic rings. The zero-order chi connectivity index (χ0) is 15.9. The fraction of sp³-hybridized carbons (Fsp3) is 0.846. The van der Waals surface area contributed by atoms with E-state index in [4.69, 9.17) is 0 Å². The standard InChI is InChI=1S/C13H22F3N3O2/c1-2-3-11(20)18-10-4-6-19(7-5-10)12(21)8-17-9-13(14,15)16/h10,17H,2-9H2,1H3,(H,18,20). The molecular weight excluding hydrogens is 287 g/mol. The Kier molecular flexibility index (Phi) is 6.94. The van der Waals surface area contributed by atoms with Gasteiger partial charge >= 0.3 is 6.18 Å². The van der Waals surface area contributed by atoms with Crippen molar-refractivity contribution in [2.75, 3.05) is 26.2 Å². The van der Waals surface area contributed by atoms with Crippen LogP contribution in [0.5, 0.6) is 0 Å². The maximum atomic E-state index is 12.0. The summed E-state index contributed by atoms with van der Waals surface area (Å²) in [4.78, 5) is 24.7. The van der Waals surface area contributed by atoms with Crippen molar-refractivity contribution in [1.82, 2.24) is 15.5 Å². The van der Waals surface area contributed by atoms with Crippen LogP contribution in [0.25, 0.3) is 0 Å². The Bertz CT molecular complexity index is 353. The van der Waals surface area contributed by atoms with E-state index in [1.165, 1.54) is 4.90 Å². The summed E-state index contributed by atoms with van der Waals surface area (Å²) in [6, 6.07) is 0.0521.